The van der Waals surface area contributed by atoms with Crippen LogP contribution in [0.1, 0.15) is 38.2 Å². The molecule has 4 rings (SSSR count). The maximum Gasteiger partial charge on any atom is 0.245 e. The van der Waals surface area contributed by atoms with E-state index in [-0.39, 0.29) is 0 Å². The smallest absolute Gasteiger partial charge is 0.245 e. The fourth-order valence-electron chi connectivity index (χ4n) is 3.94. The molecular formula is C16H23N5. The molecule has 0 amide bonds. The Hall–Kier alpha value is -1.62. The third-order valence-electron chi connectivity index (χ3n) is 4.97. The maximum atomic E-state index is 4.75. The van der Waals surface area contributed by atoms with E-state index >= 15 is 0 Å². The molecule has 112 valence electrons. The quantitative estimate of drug-likeness (QED) is 0.938. The Morgan fingerprint density at radius 1 is 1.33 bits per heavy atom. The number of aryl methyl sites for hydroxylation is 1. The molecule has 2 aliphatic rings. The molecule has 4 heterocycles. The molecule has 0 saturated carbocycles. The lowest BCUT2D eigenvalue weighted by atomic mass is 9.98. The van der Waals surface area contributed by atoms with Crippen molar-refractivity contribution < 1.29 is 0 Å². The van der Waals surface area contributed by atoms with Gasteiger partial charge in [0, 0.05) is 30.9 Å². The first-order valence-electron chi connectivity index (χ1n) is 8.08. The molecule has 5 nitrogen and oxygen atoms in total. The molecule has 2 aromatic heterocycles. The topological polar surface area (TPSA) is 45.5 Å². The van der Waals surface area contributed by atoms with Gasteiger partial charge in [0.05, 0.1) is 0 Å². The second kappa shape index (κ2) is 4.98. The summed E-state index contributed by atoms with van der Waals surface area (Å²) < 4.78 is 1.89. The molecule has 5 heteroatoms. The highest BCUT2D eigenvalue weighted by atomic mass is 15.4. The minimum atomic E-state index is 0.576. The second-order valence-corrected chi connectivity index (χ2v) is 6.47. The van der Waals surface area contributed by atoms with Crippen molar-refractivity contribution in [3.05, 3.63) is 23.9 Å². The van der Waals surface area contributed by atoms with E-state index in [4.69, 9.17) is 4.98 Å². The lowest BCUT2D eigenvalue weighted by Crippen LogP contribution is -2.48. The van der Waals surface area contributed by atoms with Gasteiger partial charge in [0.1, 0.15) is 0 Å². The summed E-state index contributed by atoms with van der Waals surface area (Å²) in [5, 5.41) is 8.39. The highest BCUT2D eigenvalue weighted by molar-refractivity contribution is 5.47. The molecule has 0 aliphatic carbocycles. The van der Waals surface area contributed by atoms with Crippen molar-refractivity contribution in [2.75, 3.05) is 11.4 Å². The van der Waals surface area contributed by atoms with Gasteiger partial charge in [0.25, 0.3) is 0 Å². The Bertz CT molecular complexity index is 637. The van der Waals surface area contributed by atoms with Crippen LogP contribution in [0.5, 0.6) is 0 Å². The zero-order chi connectivity index (χ0) is 14.4. The van der Waals surface area contributed by atoms with E-state index < -0.39 is 0 Å². The van der Waals surface area contributed by atoms with Crippen LogP contribution in [0.15, 0.2) is 18.3 Å². The third kappa shape index (κ3) is 2.29. The minimum Gasteiger partial charge on any atom is -0.337 e. The van der Waals surface area contributed by atoms with E-state index in [9.17, 15) is 0 Å². The zero-order valence-electron chi connectivity index (χ0n) is 12.8. The predicted octanol–water partition coefficient (Wildman–Crippen LogP) is 2.15. The van der Waals surface area contributed by atoms with E-state index in [1.165, 1.54) is 31.2 Å². The van der Waals surface area contributed by atoms with Crippen LogP contribution < -0.4 is 10.2 Å². The second-order valence-electron chi connectivity index (χ2n) is 6.47. The molecule has 2 saturated heterocycles. The van der Waals surface area contributed by atoms with Gasteiger partial charge in [0.2, 0.25) is 5.95 Å². The summed E-state index contributed by atoms with van der Waals surface area (Å²) in [5.41, 5.74) is 2.17. The number of pyridine rings is 1. The maximum absolute atomic E-state index is 4.75. The normalized spacial score (nSPS) is 28.2. The van der Waals surface area contributed by atoms with Crippen molar-refractivity contribution in [2.24, 2.45) is 0 Å². The fraction of sp³-hybridized carbons (Fsp3) is 0.625. The summed E-state index contributed by atoms with van der Waals surface area (Å²) in [6.45, 7) is 5.28. The summed E-state index contributed by atoms with van der Waals surface area (Å²) in [4.78, 5) is 7.15. The number of hydrogen-bond donors (Lipinski definition) is 1. The van der Waals surface area contributed by atoms with Gasteiger partial charge in [0.15, 0.2) is 5.65 Å². The Kier molecular flexibility index (Phi) is 3.10. The van der Waals surface area contributed by atoms with Crippen LogP contribution in [-0.4, -0.2) is 39.3 Å². The average molecular weight is 285 g/mol. The molecule has 2 fully saturated rings. The van der Waals surface area contributed by atoms with Gasteiger partial charge in [-0.2, -0.15) is 4.98 Å². The Morgan fingerprint density at radius 3 is 2.81 bits per heavy atom. The molecule has 2 atom stereocenters. The Morgan fingerprint density at radius 2 is 2.10 bits per heavy atom. The largest absolute Gasteiger partial charge is 0.337 e. The van der Waals surface area contributed by atoms with Crippen LogP contribution in [0.4, 0.5) is 5.95 Å². The molecule has 21 heavy (non-hydrogen) atoms. The van der Waals surface area contributed by atoms with E-state index in [0.717, 1.165) is 18.1 Å². The minimum absolute atomic E-state index is 0.576. The summed E-state index contributed by atoms with van der Waals surface area (Å²) >= 11 is 0. The lowest BCUT2D eigenvalue weighted by molar-refractivity contribution is 0.347. The van der Waals surface area contributed by atoms with Crippen LogP contribution >= 0.6 is 0 Å². The molecule has 0 radical (unpaired) electrons. The molecule has 0 spiro atoms. The van der Waals surface area contributed by atoms with Crippen LogP contribution in [0, 0.1) is 6.92 Å². The van der Waals surface area contributed by atoms with Gasteiger partial charge in [-0.25, -0.2) is 4.52 Å². The van der Waals surface area contributed by atoms with Gasteiger partial charge < -0.3 is 10.2 Å². The SMILES string of the molecule is CCN(c1nc2cc(C)ccn2n1)C1CC2CCC(C1)N2. The number of piperidine rings is 1. The highest BCUT2D eigenvalue weighted by Gasteiger charge is 2.36. The van der Waals surface area contributed by atoms with Crippen molar-refractivity contribution in [2.45, 2.75) is 57.7 Å². The monoisotopic (exact) mass is 285 g/mol. The van der Waals surface area contributed by atoms with Gasteiger partial charge in [-0.3, -0.25) is 0 Å². The predicted molar refractivity (Wildman–Crippen MR) is 83.7 cm³/mol. The van der Waals surface area contributed by atoms with Gasteiger partial charge in [-0.05, 0) is 57.2 Å². The lowest BCUT2D eigenvalue weighted by Gasteiger charge is -2.36. The number of fused-ring (bicyclic) bond motifs is 3. The molecule has 2 unspecified atom stereocenters. The molecule has 2 aromatic rings. The van der Waals surface area contributed by atoms with Gasteiger partial charge in [-0.15, -0.1) is 5.10 Å². The molecule has 2 aliphatic heterocycles. The highest BCUT2D eigenvalue weighted by Crippen LogP contribution is 2.31. The number of hydrogen-bond acceptors (Lipinski definition) is 4. The first-order valence-corrected chi connectivity index (χ1v) is 8.08. The van der Waals surface area contributed by atoms with Crippen LogP contribution in [0.3, 0.4) is 0 Å². The number of anilines is 1. The van der Waals surface area contributed by atoms with E-state index in [2.05, 4.69) is 41.3 Å². The molecule has 1 N–H and O–H groups in total. The van der Waals surface area contributed by atoms with Crippen LogP contribution in [0.2, 0.25) is 0 Å². The van der Waals surface area contributed by atoms with Crippen molar-refractivity contribution in [1.29, 1.82) is 0 Å². The van der Waals surface area contributed by atoms with Crippen LogP contribution in [0.25, 0.3) is 5.65 Å². The fourth-order valence-corrected chi connectivity index (χ4v) is 3.94. The van der Waals surface area contributed by atoms with Crippen molar-refractivity contribution in [3.63, 3.8) is 0 Å². The summed E-state index contributed by atoms with van der Waals surface area (Å²) in [5.74, 6) is 0.884. The number of nitrogens with one attached hydrogen (secondary N) is 1. The van der Waals surface area contributed by atoms with Crippen molar-refractivity contribution in [1.82, 2.24) is 19.9 Å². The van der Waals surface area contributed by atoms with E-state index in [0.29, 0.717) is 18.1 Å². The summed E-state index contributed by atoms with van der Waals surface area (Å²) in [7, 11) is 0. The van der Waals surface area contributed by atoms with Gasteiger partial charge >= 0.3 is 0 Å². The number of rotatable bonds is 3. The molecule has 0 aromatic carbocycles. The van der Waals surface area contributed by atoms with Crippen molar-refractivity contribution >= 4 is 11.6 Å². The Labute approximate surface area is 125 Å². The Balaban J connectivity index is 1.64. The number of aromatic nitrogens is 3. The standard InChI is InChI=1S/C16H23N5/c1-3-20(14-9-12-4-5-13(10-14)17-12)16-18-15-8-11(2)6-7-21(15)19-16/h6-8,12-14,17H,3-5,9-10H2,1-2H3. The number of nitrogens with zero attached hydrogens (tertiary/aromatic N) is 4. The van der Waals surface area contributed by atoms with Crippen molar-refractivity contribution in [3.8, 4) is 0 Å². The zero-order valence-corrected chi connectivity index (χ0v) is 12.8. The van der Waals surface area contributed by atoms with Gasteiger partial charge in [-0.1, -0.05) is 0 Å². The van der Waals surface area contributed by atoms with E-state index in [1.807, 2.05) is 10.7 Å². The first kappa shape index (κ1) is 13.1. The van der Waals surface area contributed by atoms with E-state index in [1.54, 1.807) is 0 Å². The average Bonchev–Trinajstić information content (AvgIpc) is 3.02. The molecular weight excluding hydrogens is 262 g/mol. The van der Waals surface area contributed by atoms with Crippen LogP contribution in [-0.2, 0) is 0 Å². The molecule has 2 bridgehead atoms. The third-order valence-corrected chi connectivity index (χ3v) is 4.97. The first-order chi connectivity index (χ1) is 10.2. The summed E-state index contributed by atoms with van der Waals surface area (Å²) in [6.07, 6.45) is 7.10. The summed E-state index contributed by atoms with van der Waals surface area (Å²) in [6, 6.07) is 6.14.